The van der Waals surface area contributed by atoms with Crippen LogP contribution in [-0.2, 0) is 20.7 Å². The van der Waals surface area contributed by atoms with Crippen molar-refractivity contribution in [2.24, 2.45) is 4.99 Å². The molecule has 0 bridgehead atoms. The minimum absolute atomic E-state index is 0.00159. The van der Waals surface area contributed by atoms with Crippen molar-refractivity contribution in [2.45, 2.75) is 25.0 Å². The highest BCUT2D eigenvalue weighted by Gasteiger charge is 2.36. The number of amidine groups is 1. The minimum Gasteiger partial charge on any atom is -0.495 e. The van der Waals surface area contributed by atoms with E-state index in [1.165, 1.54) is 18.9 Å². The summed E-state index contributed by atoms with van der Waals surface area (Å²) in [6, 6.07) is 19.3. The van der Waals surface area contributed by atoms with Gasteiger partial charge in [-0.25, -0.2) is 9.79 Å². The van der Waals surface area contributed by atoms with Crippen LogP contribution in [0.2, 0.25) is 0 Å². The zero-order chi connectivity index (χ0) is 30.1. The quantitative estimate of drug-likeness (QED) is 0.307. The summed E-state index contributed by atoms with van der Waals surface area (Å²) >= 11 is 1.21. The van der Waals surface area contributed by atoms with Gasteiger partial charge in [0.1, 0.15) is 11.0 Å². The fourth-order valence-corrected chi connectivity index (χ4v) is 5.42. The predicted molar refractivity (Wildman–Crippen MR) is 162 cm³/mol. The highest BCUT2D eigenvalue weighted by atomic mass is 32.2. The zero-order valence-corrected chi connectivity index (χ0v) is 24.7. The van der Waals surface area contributed by atoms with Crippen LogP contribution < -0.4 is 19.5 Å². The number of nitrogens with one attached hydrogen (secondary N) is 1. The summed E-state index contributed by atoms with van der Waals surface area (Å²) in [6.45, 7) is 2.35. The van der Waals surface area contributed by atoms with E-state index in [0.29, 0.717) is 52.3 Å². The highest BCUT2D eigenvalue weighted by Crippen LogP contribution is 2.32. The average molecular weight is 592 g/mol. The number of nitrogens with zero attached hydrogens (tertiary/aromatic N) is 2. The topological polar surface area (TPSA) is 116 Å². The summed E-state index contributed by atoms with van der Waals surface area (Å²) in [5.74, 6) is 0.744. The Labute approximate surface area is 249 Å². The molecule has 1 aliphatic heterocycles. The van der Waals surface area contributed by atoms with Crippen LogP contribution >= 0.6 is 11.8 Å². The van der Waals surface area contributed by atoms with Gasteiger partial charge in [0.2, 0.25) is 11.8 Å². The number of thioether (sulfide) groups is 1. The number of hydrogen-bond donors (Lipinski definition) is 1. The first kappa shape index (κ1) is 30.4. The van der Waals surface area contributed by atoms with E-state index in [1.54, 1.807) is 68.5 Å². The van der Waals surface area contributed by atoms with Crippen LogP contribution in [0.4, 0.5) is 11.4 Å². The first-order valence-electron chi connectivity index (χ1n) is 13.3. The Morgan fingerprint density at radius 3 is 2.36 bits per heavy atom. The number of esters is 1. The molecule has 2 amide bonds. The molecule has 220 valence electrons. The van der Waals surface area contributed by atoms with Gasteiger partial charge in [-0.15, -0.1) is 0 Å². The molecule has 0 spiro atoms. The fourth-order valence-electron chi connectivity index (χ4n) is 4.30. The van der Waals surface area contributed by atoms with Crippen LogP contribution in [0.5, 0.6) is 17.2 Å². The Kier molecular flexibility index (Phi) is 10.4. The Balaban J connectivity index is 1.58. The number of carbonyl (C=O) groups is 3. The lowest BCUT2D eigenvalue weighted by Gasteiger charge is -2.32. The second-order valence-electron chi connectivity index (χ2n) is 9.15. The third kappa shape index (κ3) is 7.41. The number of rotatable bonds is 11. The van der Waals surface area contributed by atoms with E-state index in [4.69, 9.17) is 23.9 Å². The molecule has 0 aromatic heterocycles. The van der Waals surface area contributed by atoms with Crippen LogP contribution in [0, 0.1) is 0 Å². The number of para-hydroxylation sites is 2. The molecule has 1 unspecified atom stereocenters. The van der Waals surface area contributed by atoms with E-state index in [1.807, 2.05) is 24.3 Å². The van der Waals surface area contributed by atoms with Gasteiger partial charge in [0, 0.05) is 13.0 Å². The largest absolute Gasteiger partial charge is 0.495 e. The summed E-state index contributed by atoms with van der Waals surface area (Å²) in [7, 11) is 4.67. The number of aliphatic imine (C=N–C) groups is 1. The molecule has 3 aromatic rings. The maximum Gasteiger partial charge on any atom is 0.338 e. The Morgan fingerprint density at radius 2 is 1.67 bits per heavy atom. The number of methoxy groups -OCH3 is 3. The molecule has 4 rings (SSSR count). The van der Waals surface area contributed by atoms with Crippen molar-refractivity contribution in [3.05, 3.63) is 77.9 Å². The molecule has 1 saturated heterocycles. The summed E-state index contributed by atoms with van der Waals surface area (Å²) in [4.78, 5) is 45.1. The minimum atomic E-state index is -0.711. The SMILES string of the molecule is CCOC(=O)c1ccc(N=C2SC(C(=O)Nc3ccccc3OC)CC(=O)N2CCc2ccc(OC)c(OC)c2)cc1. The first-order valence-corrected chi connectivity index (χ1v) is 14.2. The van der Waals surface area contributed by atoms with Crippen molar-refractivity contribution in [3.8, 4) is 17.2 Å². The van der Waals surface area contributed by atoms with Gasteiger partial charge in [0.05, 0.1) is 44.9 Å². The number of benzene rings is 3. The molecular formula is C31H33N3O7S. The lowest BCUT2D eigenvalue weighted by atomic mass is 10.1. The van der Waals surface area contributed by atoms with Crippen molar-refractivity contribution in [3.63, 3.8) is 0 Å². The van der Waals surface area contributed by atoms with Gasteiger partial charge < -0.3 is 24.3 Å². The van der Waals surface area contributed by atoms with E-state index in [9.17, 15) is 14.4 Å². The molecule has 1 fully saturated rings. The van der Waals surface area contributed by atoms with E-state index in [-0.39, 0.29) is 24.8 Å². The standard InChI is InChI=1S/C31H33N3O7S/c1-5-41-30(37)21-11-13-22(14-12-21)32-31-34(17-16-20-10-15-25(39-3)26(18-20)40-4)28(35)19-27(42-31)29(36)33-23-8-6-7-9-24(23)38-2/h6-15,18,27H,5,16-17,19H2,1-4H3,(H,33,36). The predicted octanol–water partition coefficient (Wildman–Crippen LogP) is 5.09. The molecule has 1 atom stereocenters. The molecule has 0 aliphatic carbocycles. The van der Waals surface area contributed by atoms with Crippen molar-refractivity contribution >= 4 is 46.1 Å². The van der Waals surface area contributed by atoms with E-state index >= 15 is 0 Å². The molecule has 0 radical (unpaired) electrons. The van der Waals surface area contributed by atoms with Gasteiger partial charge in [0.15, 0.2) is 16.7 Å². The van der Waals surface area contributed by atoms with Crippen molar-refractivity contribution in [1.29, 1.82) is 0 Å². The molecule has 1 N–H and O–H groups in total. The van der Waals surface area contributed by atoms with Gasteiger partial charge >= 0.3 is 5.97 Å². The van der Waals surface area contributed by atoms with Crippen LogP contribution in [0.1, 0.15) is 29.3 Å². The summed E-state index contributed by atoms with van der Waals surface area (Å²) < 4.78 is 21.2. The van der Waals surface area contributed by atoms with E-state index < -0.39 is 11.2 Å². The van der Waals surface area contributed by atoms with Gasteiger partial charge in [-0.05, 0) is 67.4 Å². The van der Waals surface area contributed by atoms with E-state index in [0.717, 1.165) is 5.56 Å². The smallest absolute Gasteiger partial charge is 0.338 e. The number of anilines is 1. The second kappa shape index (κ2) is 14.4. The molecule has 11 heteroatoms. The van der Waals surface area contributed by atoms with Gasteiger partial charge in [-0.2, -0.15) is 0 Å². The second-order valence-corrected chi connectivity index (χ2v) is 10.3. The summed E-state index contributed by atoms with van der Waals surface area (Å²) in [5, 5.41) is 2.55. The summed E-state index contributed by atoms with van der Waals surface area (Å²) in [5.41, 5.74) is 2.38. The molecule has 1 aliphatic rings. The van der Waals surface area contributed by atoms with Crippen LogP contribution in [-0.4, -0.2) is 67.6 Å². The number of amides is 2. The van der Waals surface area contributed by atoms with Gasteiger partial charge in [-0.1, -0.05) is 30.0 Å². The lowest BCUT2D eigenvalue weighted by molar-refractivity contribution is -0.129. The zero-order valence-electron chi connectivity index (χ0n) is 23.9. The third-order valence-corrected chi connectivity index (χ3v) is 7.66. The molecule has 3 aromatic carbocycles. The average Bonchev–Trinajstić information content (AvgIpc) is 3.01. The Bertz CT molecular complexity index is 1460. The van der Waals surface area contributed by atoms with Gasteiger partial charge in [0.25, 0.3) is 0 Å². The number of carbonyl (C=O) groups excluding carboxylic acids is 3. The first-order chi connectivity index (χ1) is 20.4. The molecule has 10 nitrogen and oxygen atoms in total. The van der Waals surface area contributed by atoms with Crippen LogP contribution in [0.3, 0.4) is 0 Å². The monoisotopic (exact) mass is 591 g/mol. The molecule has 1 heterocycles. The maximum atomic E-state index is 13.5. The molecule has 0 saturated carbocycles. The van der Waals surface area contributed by atoms with Gasteiger partial charge in [-0.3, -0.25) is 14.5 Å². The summed E-state index contributed by atoms with van der Waals surface area (Å²) in [6.07, 6.45) is 0.518. The molecular weight excluding hydrogens is 558 g/mol. The maximum absolute atomic E-state index is 13.5. The Hall–Kier alpha value is -4.51. The number of ether oxygens (including phenoxy) is 4. The van der Waals surface area contributed by atoms with Crippen molar-refractivity contribution in [2.75, 3.05) is 39.8 Å². The van der Waals surface area contributed by atoms with E-state index in [2.05, 4.69) is 5.32 Å². The Morgan fingerprint density at radius 1 is 0.952 bits per heavy atom. The van der Waals surface area contributed by atoms with Crippen LogP contribution in [0.25, 0.3) is 0 Å². The highest BCUT2D eigenvalue weighted by molar-refractivity contribution is 8.15. The number of hydrogen-bond acceptors (Lipinski definition) is 9. The van der Waals surface area contributed by atoms with Crippen molar-refractivity contribution < 1.29 is 33.3 Å². The lowest BCUT2D eigenvalue weighted by Crippen LogP contribution is -2.46. The third-order valence-electron chi connectivity index (χ3n) is 6.47. The fraction of sp³-hybridized carbons (Fsp3) is 0.290. The van der Waals surface area contributed by atoms with Crippen LogP contribution in [0.15, 0.2) is 71.7 Å². The normalized spacial score (nSPS) is 15.7. The molecule has 42 heavy (non-hydrogen) atoms. The van der Waals surface area contributed by atoms with Crippen molar-refractivity contribution in [1.82, 2.24) is 4.90 Å².